The predicted octanol–water partition coefficient (Wildman–Crippen LogP) is 3.59. The molecule has 0 bridgehead atoms. The topological polar surface area (TPSA) is 79.4 Å². The van der Waals surface area contributed by atoms with Gasteiger partial charge in [-0.25, -0.2) is 13.4 Å². The molecule has 0 spiro atoms. The molecule has 0 aliphatic heterocycles. The van der Waals surface area contributed by atoms with E-state index in [-0.39, 0.29) is 10.8 Å². The second-order valence-electron chi connectivity index (χ2n) is 5.58. The minimum Gasteiger partial charge on any atom is -0.316 e. The summed E-state index contributed by atoms with van der Waals surface area (Å²) in [6.45, 7) is 1.44. The highest BCUT2D eigenvalue weighted by Gasteiger charge is 2.17. The Morgan fingerprint density at radius 3 is 2.35 bits per heavy atom. The van der Waals surface area contributed by atoms with Crippen LogP contribution in [0, 0.1) is 0 Å². The Balaban J connectivity index is 1.79. The average molecular weight is 387 g/mol. The van der Waals surface area contributed by atoms with Gasteiger partial charge in [-0.05, 0) is 24.3 Å². The first kappa shape index (κ1) is 18.1. The van der Waals surface area contributed by atoms with Crippen LogP contribution < -0.4 is 9.62 Å². The van der Waals surface area contributed by atoms with Gasteiger partial charge >= 0.3 is 0 Å². The smallest absolute Gasteiger partial charge is 0.263 e. The lowest BCUT2D eigenvalue weighted by Crippen LogP contribution is -2.22. The van der Waals surface area contributed by atoms with Crippen molar-refractivity contribution in [2.75, 3.05) is 16.7 Å². The first-order chi connectivity index (χ1) is 12.4. The van der Waals surface area contributed by atoms with E-state index in [2.05, 4.69) is 9.71 Å². The van der Waals surface area contributed by atoms with Crippen molar-refractivity contribution in [1.82, 2.24) is 4.98 Å². The Labute approximate surface area is 156 Å². The van der Waals surface area contributed by atoms with Crippen molar-refractivity contribution in [3.05, 3.63) is 60.0 Å². The van der Waals surface area contributed by atoms with E-state index < -0.39 is 10.0 Å². The van der Waals surface area contributed by atoms with Crippen molar-refractivity contribution in [3.63, 3.8) is 0 Å². The lowest BCUT2D eigenvalue weighted by atomic mass is 10.2. The molecule has 0 saturated carbocycles. The fourth-order valence-corrected chi connectivity index (χ4v) is 4.24. The highest BCUT2D eigenvalue weighted by molar-refractivity contribution is 7.93. The lowest BCUT2D eigenvalue weighted by Gasteiger charge is -2.15. The quantitative estimate of drug-likeness (QED) is 0.725. The second-order valence-corrected chi connectivity index (χ2v) is 8.12. The molecule has 1 heterocycles. The van der Waals surface area contributed by atoms with Crippen molar-refractivity contribution in [2.24, 2.45) is 0 Å². The Hall–Kier alpha value is -2.71. The van der Waals surface area contributed by atoms with Crippen molar-refractivity contribution >= 4 is 38.1 Å². The molecule has 8 heteroatoms. The van der Waals surface area contributed by atoms with Crippen LogP contribution in [0.15, 0.2) is 64.9 Å². The second kappa shape index (κ2) is 7.27. The Morgan fingerprint density at radius 1 is 1.08 bits per heavy atom. The number of sulfonamides is 1. The molecule has 0 fully saturated rings. The minimum atomic E-state index is -3.75. The number of nitrogens with zero attached hydrogens (tertiary/aromatic N) is 2. The summed E-state index contributed by atoms with van der Waals surface area (Å²) in [5.41, 5.74) is 2.26. The molecule has 1 aromatic heterocycles. The van der Waals surface area contributed by atoms with Crippen molar-refractivity contribution in [3.8, 4) is 11.3 Å². The fraction of sp³-hybridized carbons (Fsp3) is 0.111. The van der Waals surface area contributed by atoms with Gasteiger partial charge in [0.1, 0.15) is 0 Å². The number of thiazole rings is 1. The van der Waals surface area contributed by atoms with Gasteiger partial charge < -0.3 is 4.90 Å². The summed E-state index contributed by atoms with van der Waals surface area (Å²) >= 11 is 1.22. The van der Waals surface area contributed by atoms with Crippen LogP contribution in [0.2, 0.25) is 0 Å². The van der Waals surface area contributed by atoms with Gasteiger partial charge in [-0.2, -0.15) is 0 Å². The van der Waals surface area contributed by atoms with Gasteiger partial charge in [0, 0.05) is 30.6 Å². The molecule has 1 N–H and O–H groups in total. The number of anilines is 2. The summed E-state index contributed by atoms with van der Waals surface area (Å²) in [6, 6.07) is 15.6. The molecule has 0 radical (unpaired) electrons. The highest BCUT2D eigenvalue weighted by atomic mass is 32.2. The molecule has 0 aliphatic carbocycles. The molecule has 26 heavy (non-hydrogen) atoms. The molecule has 0 unspecified atom stereocenters. The van der Waals surface area contributed by atoms with Crippen molar-refractivity contribution in [1.29, 1.82) is 0 Å². The van der Waals surface area contributed by atoms with E-state index in [1.807, 2.05) is 30.3 Å². The van der Waals surface area contributed by atoms with Crippen LogP contribution in [0.4, 0.5) is 10.8 Å². The SMILES string of the molecule is CC(=O)N(C)c1ccc(S(=O)(=O)Nc2nc(-c3ccccc3)cs2)cc1. The largest absolute Gasteiger partial charge is 0.316 e. The molecule has 6 nitrogen and oxygen atoms in total. The number of hydrogen-bond acceptors (Lipinski definition) is 5. The van der Waals surface area contributed by atoms with E-state index in [1.165, 1.54) is 35.3 Å². The standard InChI is InChI=1S/C18H17N3O3S2/c1-13(22)21(2)15-8-10-16(11-9-15)26(23,24)20-18-19-17(12-25-18)14-6-4-3-5-7-14/h3-12H,1-2H3,(H,19,20). The van der Waals surface area contributed by atoms with Crippen LogP contribution in [0.25, 0.3) is 11.3 Å². The third kappa shape index (κ3) is 3.92. The monoisotopic (exact) mass is 387 g/mol. The van der Waals surface area contributed by atoms with Crippen LogP contribution in [0.5, 0.6) is 0 Å². The minimum absolute atomic E-state index is 0.106. The third-order valence-corrected chi connectivity index (χ3v) is 6.04. The number of rotatable bonds is 5. The normalized spacial score (nSPS) is 11.2. The fourth-order valence-electron chi connectivity index (χ4n) is 2.27. The van der Waals surface area contributed by atoms with Gasteiger partial charge in [0.05, 0.1) is 10.6 Å². The van der Waals surface area contributed by atoms with Crippen LogP contribution >= 0.6 is 11.3 Å². The summed E-state index contributed by atoms with van der Waals surface area (Å²) in [4.78, 5) is 17.3. The van der Waals surface area contributed by atoms with Crippen LogP contribution in [0.3, 0.4) is 0 Å². The summed E-state index contributed by atoms with van der Waals surface area (Å²) in [6.07, 6.45) is 0. The maximum absolute atomic E-state index is 12.5. The molecule has 3 rings (SSSR count). The number of aromatic nitrogens is 1. The number of nitrogens with one attached hydrogen (secondary N) is 1. The molecular formula is C18H17N3O3S2. The van der Waals surface area contributed by atoms with Crippen molar-refractivity contribution in [2.45, 2.75) is 11.8 Å². The predicted molar refractivity (Wildman–Crippen MR) is 104 cm³/mol. The van der Waals surface area contributed by atoms with Gasteiger partial charge in [0.2, 0.25) is 5.91 Å². The van der Waals surface area contributed by atoms with Gasteiger partial charge in [-0.15, -0.1) is 11.3 Å². The molecule has 3 aromatic rings. The number of carbonyl (C=O) groups is 1. The van der Waals surface area contributed by atoms with Crippen LogP contribution in [0.1, 0.15) is 6.92 Å². The van der Waals surface area contributed by atoms with Crippen LogP contribution in [-0.4, -0.2) is 26.4 Å². The lowest BCUT2D eigenvalue weighted by molar-refractivity contribution is -0.116. The third-order valence-electron chi connectivity index (χ3n) is 3.80. The molecule has 134 valence electrons. The van der Waals surface area contributed by atoms with E-state index in [1.54, 1.807) is 24.6 Å². The number of benzene rings is 2. The first-order valence-electron chi connectivity index (χ1n) is 7.75. The van der Waals surface area contributed by atoms with Crippen molar-refractivity contribution < 1.29 is 13.2 Å². The Kier molecular flexibility index (Phi) is 5.06. The molecule has 0 aliphatic rings. The number of amides is 1. The molecule has 0 atom stereocenters. The zero-order valence-corrected chi connectivity index (χ0v) is 15.8. The molecular weight excluding hydrogens is 370 g/mol. The molecule has 1 amide bonds. The zero-order chi connectivity index (χ0) is 18.7. The van der Waals surface area contributed by atoms with E-state index in [4.69, 9.17) is 0 Å². The first-order valence-corrected chi connectivity index (χ1v) is 10.1. The number of carbonyl (C=O) groups excluding carboxylic acids is 1. The Morgan fingerprint density at radius 2 is 1.73 bits per heavy atom. The van der Waals surface area contributed by atoms with E-state index >= 15 is 0 Å². The zero-order valence-electron chi connectivity index (χ0n) is 14.2. The average Bonchev–Trinajstić information content (AvgIpc) is 3.09. The van der Waals surface area contributed by atoms with Gasteiger partial charge in [-0.1, -0.05) is 30.3 Å². The molecule has 0 saturated heterocycles. The summed E-state index contributed by atoms with van der Waals surface area (Å²) in [5, 5.41) is 2.10. The molecule has 2 aromatic carbocycles. The summed E-state index contributed by atoms with van der Waals surface area (Å²) in [5.74, 6) is -0.130. The van der Waals surface area contributed by atoms with E-state index in [0.717, 1.165) is 5.56 Å². The highest BCUT2D eigenvalue weighted by Crippen LogP contribution is 2.27. The van der Waals surface area contributed by atoms with Gasteiger partial charge in [-0.3, -0.25) is 9.52 Å². The van der Waals surface area contributed by atoms with Gasteiger partial charge in [0.25, 0.3) is 10.0 Å². The summed E-state index contributed by atoms with van der Waals surface area (Å²) < 4.78 is 27.6. The maximum atomic E-state index is 12.5. The van der Waals surface area contributed by atoms with E-state index in [0.29, 0.717) is 16.5 Å². The number of hydrogen-bond donors (Lipinski definition) is 1. The van der Waals surface area contributed by atoms with Crippen LogP contribution in [-0.2, 0) is 14.8 Å². The Bertz CT molecular complexity index is 1010. The maximum Gasteiger partial charge on any atom is 0.263 e. The van der Waals surface area contributed by atoms with E-state index in [9.17, 15) is 13.2 Å². The van der Waals surface area contributed by atoms with Gasteiger partial charge in [0.15, 0.2) is 5.13 Å². The summed E-state index contributed by atoms with van der Waals surface area (Å²) in [7, 11) is -2.12.